The zero-order chi connectivity index (χ0) is 24.8. The number of amides is 3. The average molecular weight is 476 g/mol. The van der Waals surface area contributed by atoms with Gasteiger partial charge in [-0.1, -0.05) is 27.7 Å². The molecule has 0 aromatic carbocycles. The van der Waals surface area contributed by atoms with Crippen LogP contribution in [0.5, 0.6) is 0 Å². The van der Waals surface area contributed by atoms with Crippen molar-refractivity contribution in [1.82, 2.24) is 16.0 Å². The van der Waals surface area contributed by atoms with Crippen LogP contribution in [-0.4, -0.2) is 71.5 Å². The molecule has 0 aliphatic carbocycles. The highest BCUT2D eigenvalue weighted by molar-refractivity contribution is 7.98. The lowest BCUT2D eigenvalue weighted by Gasteiger charge is -2.27. The molecule has 0 aromatic heterocycles. The lowest BCUT2D eigenvalue weighted by Crippen LogP contribution is -2.58. The fraction of sp³-hybridized carbons (Fsp3) is 0.810. The minimum atomic E-state index is -1.13. The Morgan fingerprint density at radius 1 is 0.844 bits per heavy atom. The normalized spacial score (nSPS) is 15.0. The zero-order valence-corrected chi connectivity index (χ0v) is 20.7. The van der Waals surface area contributed by atoms with Crippen LogP contribution in [0.15, 0.2) is 0 Å². The predicted molar refractivity (Wildman–Crippen MR) is 127 cm³/mol. The van der Waals surface area contributed by atoms with Gasteiger partial charge in [0.25, 0.3) is 0 Å². The van der Waals surface area contributed by atoms with E-state index in [1.54, 1.807) is 13.8 Å². The van der Waals surface area contributed by atoms with Gasteiger partial charge < -0.3 is 32.5 Å². The van der Waals surface area contributed by atoms with Gasteiger partial charge in [0.1, 0.15) is 18.1 Å². The Kier molecular flexibility index (Phi) is 15.0. The third kappa shape index (κ3) is 11.1. The van der Waals surface area contributed by atoms with Crippen molar-refractivity contribution in [2.45, 2.75) is 77.5 Å². The van der Waals surface area contributed by atoms with Crippen molar-refractivity contribution in [2.75, 3.05) is 18.6 Å². The van der Waals surface area contributed by atoms with E-state index in [1.807, 2.05) is 20.1 Å². The number of carboxylic acid groups (broad SMARTS) is 1. The number of nitrogens with two attached hydrogens (primary N) is 2. The highest BCUT2D eigenvalue weighted by Crippen LogP contribution is 2.09. The second kappa shape index (κ2) is 15.9. The summed E-state index contributed by atoms with van der Waals surface area (Å²) < 4.78 is 0. The summed E-state index contributed by atoms with van der Waals surface area (Å²) in [5.74, 6) is -2.45. The molecule has 0 heterocycles. The van der Waals surface area contributed by atoms with E-state index in [0.29, 0.717) is 31.6 Å². The maximum absolute atomic E-state index is 13.0. The molecule has 186 valence electrons. The van der Waals surface area contributed by atoms with Crippen LogP contribution < -0.4 is 27.4 Å². The van der Waals surface area contributed by atoms with E-state index in [0.717, 1.165) is 0 Å². The van der Waals surface area contributed by atoms with Gasteiger partial charge >= 0.3 is 5.97 Å². The average Bonchev–Trinajstić information content (AvgIpc) is 2.72. The van der Waals surface area contributed by atoms with Crippen LogP contribution in [0.4, 0.5) is 0 Å². The first-order valence-electron chi connectivity index (χ1n) is 11.0. The molecule has 32 heavy (non-hydrogen) atoms. The van der Waals surface area contributed by atoms with Gasteiger partial charge in [-0.05, 0) is 56.1 Å². The smallest absolute Gasteiger partial charge is 0.326 e. The number of carboxylic acids is 1. The molecule has 10 nitrogen and oxygen atoms in total. The summed E-state index contributed by atoms with van der Waals surface area (Å²) in [5, 5.41) is 17.3. The molecule has 3 amide bonds. The Morgan fingerprint density at radius 2 is 1.44 bits per heavy atom. The van der Waals surface area contributed by atoms with Gasteiger partial charge in [-0.2, -0.15) is 11.8 Å². The zero-order valence-electron chi connectivity index (χ0n) is 19.8. The molecule has 0 saturated heterocycles. The van der Waals surface area contributed by atoms with Crippen LogP contribution >= 0.6 is 11.8 Å². The van der Waals surface area contributed by atoms with E-state index in [9.17, 15) is 24.3 Å². The highest BCUT2D eigenvalue weighted by atomic mass is 32.2. The number of hydrogen-bond donors (Lipinski definition) is 6. The van der Waals surface area contributed by atoms with Crippen LogP contribution in [0, 0.1) is 11.8 Å². The van der Waals surface area contributed by atoms with Crippen molar-refractivity contribution < 1.29 is 24.3 Å². The fourth-order valence-electron chi connectivity index (χ4n) is 2.88. The Hall–Kier alpha value is -1.85. The standard InChI is InChI=1S/C21H41N5O5S/c1-12(2)16(23)19(28)26-17(13(3)4)20(29)24-14(8-6-7-10-22)18(27)25-15(21(30)31)9-11-32-5/h12-17H,6-11,22-23H2,1-5H3,(H,24,29)(H,25,27)(H,26,28)(H,30,31). The van der Waals surface area contributed by atoms with Crippen LogP contribution in [0.3, 0.4) is 0 Å². The van der Waals surface area contributed by atoms with Gasteiger partial charge in [-0.3, -0.25) is 14.4 Å². The largest absolute Gasteiger partial charge is 0.480 e. The van der Waals surface area contributed by atoms with Gasteiger partial charge in [0.2, 0.25) is 17.7 Å². The number of carbonyl (C=O) groups is 4. The van der Waals surface area contributed by atoms with Crippen molar-refractivity contribution in [3.05, 3.63) is 0 Å². The van der Waals surface area contributed by atoms with E-state index in [2.05, 4.69) is 16.0 Å². The molecule has 0 bridgehead atoms. The second-order valence-corrected chi connectivity index (χ2v) is 9.51. The number of nitrogens with one attached hydrogen (secondary N) is 3. The SMILES string of the molecule is CSCCC(NC(=O)C(CCCCN)NC(=O)C(NC(=O)C(N)C(C)C)C(C)C)C(=O)O. The van der Waals surface area contributed by atoms with Crippen molar-refractivity contribution >= 4 is 35.5 Å². The molecule has 0 aliphatic heterocycles. The minimum Gasteiger partial charge on any atom is -0.480 e. The van der Waals surface area contributed by atoms with E-state index in [1.165, 1.54) is 11.8 Å². The van der Waals surface area contributed by atoms with Gasteiger partial charge in [0, 0.05) is 0 Å². The molecule has 0 fully saturated rings. The first-order valence-corrected chi connectivity index (χ1v) is 12.4. The highest BCUT2D eigenvalue weighted by Gasteiger charge is 2.31. The Morgan fingerprint density at radius 3 is 1.91 bits per heavy atom. The van der Waals surface area contributed by atoms with Crippen LogP contribution in [0.25, 0.3) is 0 Å². The van der Waals surface area contributed by atoms with Crippen molar-refractivity contribution in [2.24, 2.45) is 23.3 Å². The maximum atomic E-state index is 13.0. The fourth-order valence-corrected chi connectivity index (χ4v) is 3.35. The molecule has 0 spiro atoms. The third-order valence-corrected chi connectivity index (χ3v) is 5.72. The van der Waals surface area contributed by atoms with Crippen molar-refractivity contribution in [3.8, 4) is 0 Å². The molecule has 8 N–H and O–H groups in total. The Balaban J connectivity index is 5.41. The number of unbranched alkanes of at least 4 members (excludes halogenated alkanes) is 1. The summed E-state index contributed by atoms with van der Waals surface area (Å²) >= 11 is 1.48. The second-order valence-electron chi connectivity index (χ2n) is 8.53. The lowest BCUT2D eigenvalue weighted by molar-refractivity contribution is -0.142. The van der Waals surface area contributed by atoms with Crippen LogP contribution in [-0.2, 0) is 19.2 Å². The molecule has 4 atom stereocenters. The quantitative estimate of drug-likeness (QED) is 0.170. The molecule has 0 saturated carbocycles. The maximum Gasteiger partial charge on any atom is 0.326 e. The number of aliphatic carboxylic acids is 1. The molecular formula is C21H41N5O5S. The molecule has 0 aliphatic rings. The molecule has 0 radical (unpaired) electrons. The van der Waals surface area contributed by atoms with Gasteiger partial charge in [0.05, 0.1) is 6.04 Å². The monoisotopic (exact) mass is 475 g/mol. The predicted octanol–water partition coefficient (Wildman–Crippen LogP) is 0.0468. The number of rotatable bonds is 16. The molecular weight excluding hydrogens is 434 g/mol. The summed E-state index contributed by atoms with van der Waals surface area (Å²) in [7, 11) is 0. The van der Waals surface area contributed by atoms with E-state index < -0.39 is 47.9 Å². The number of carbonyl (C=O) groups excluding carboxylic acids is 3. The first kappa shape index (κ1) is 30.1. The van der Waals surface area contributed by atoms with Gasteiger partial charge in [0.15, 0.2) is 0 Å². The summed E-state index contributed by atoms with van der Waals surface area (Å²) in [5.41, 5.74) is 11.4. The summed E-state index contributed by atoms with van der Waals surface area (Å²) in [6.45, 7) is 7.60. The number of thioether (sulfide) groups is 1. The summed E-state index contributed by atoms with van der Waals surface area (Å²) in [6, 6.07) is -3.64. The third-order valence-electron chi connectivity index (χ3n) is 5.07. The van der Waals surface area contributed by atoms with Crippen molar-refractivity contribution in [1.29, 1.82) is 0 Å². The van der Waals surface area contributed by atoms with Crippen molar-refractivity contribution in [3.63, 3.8) is 0 Å². The van der Waals surface area contributed by atoms with Crippen LogP contribution in [0.1, 0.15) is 53.4 Å². The van der Waals surface area contributed by atoms with E-state index >= 15 is 0 Å². The molecule has 0 aromatic rings. The van der Waals surface area contributed by atoms with E-state index in [4.69, 9.17) is 11.5 Å². The minimum absolute atomic E-state index is 0.102. The Bertz CT molecular complexity index is 617. The Labute approximate surface area is 195 Å². The summed E-state index contributed by atoms with van der Waals surface area (Å²) in [6.07, 6.45) is 3.65. The summed E-state index contributed by atoms with van der Waals surface area (Å²) in [4.78, 5) is 49.7. The van der Waals surface area contributed by atoms with E-state index in [-0.39, 0.29) is 18.3 Å². The van der Waals surface area contributed by atoms with Crippen LogP contribution in [0.2, 0.25) is 0 Å². The number of hydrogen-bond acceptors (Lipinski definition) is 7. The lowest BCUT2D eigenvalue weighted by atomic mass is 9.99. The van der Waals surface area contributed by atoms with Gasteiger partial charge in [-0.25, -0.2) is 4.79 Å². The van der Waals surface area contributed by atoms with Gasteiger partial charge in [-0.15, -0.1) is 0 Å². The molecule has 0 rings (SSSR count). The first-order chi connectivity index (χ1) is 15.0. The molecule has 11 heteroatoms. The molecule has 4 unspecified atom stereocenters. The topological polar surface area (TPSA) is 177 Å².